The fourth-order valence-electron chi connectivity index (χ4n) is 1.33. The Kier molecular flexibility index (Phi) is 2.02. The second-order valence-corrected chi connectivity index (χ2v) is 2.93. The number of furan rings is 1. The van der Waals surface area contributed by atoms with Crippen LogP contribution >= 0.6 is 0 Å². The van der Waals surface area contributed by atoms with E-state index < -0.39 is 0 Å². The minimum Gasteiger partial charge on any atom is -0.461 e. The summed E-state index contributed by atoms with van der Waals surface area (Å²) < 4.78 is 18.2. The average Bonchev–Trinajstić information content (AvgIpc) is 2.46. The second kappa shape index (κ2) is 3.18. The number of hydrogen-bond donors (Lipinski definition) is 1. The molecule has 0 unspecified atom stereocenters. The molecule has 0 saturated heterocycles. The van der Waals surface area contributed by atoms with Crippen molar-refractivity contribution in [1.29, 1.82) is 0 Å². The molecule has 0 radical (unpaired) electrons. The molecule has 0 spiro atoms. The molecule has 0 aliphatic heterocycles. The molecule has 2 N–H and O–H groups in total. The highest BCUT2D eigenvalue weighted by Gasteiger charge is 2.03. The van der Waals surface area contributed by atoms with Crippen LogP contribution in [0.3, 0.4) is 0 Å². The molecule has 2 rings (SSSR count). The third kappa shape index (κ3) is 1.55. The van der Waals surface area contributed by atoms with Crippen LogP contribution in [0.4, 0.5) is 4.39 Å². The minimum absolute atomic E-state index is 0.243. The normalized spacial score (nSPS) is 10.9. The summed E-state index contributed by atoms with van der Waals surface area (Å²) in [6, 6.07) is 6.30. The number of hydrogen-bond acceptors (Lipinski definition) is 2. The zero-order valence-corrected chi connectivity index (χ0v) is 7.09. The summed E-state index contributed by atoms with van der Waals surface area (Å²) in [6.07, 6.45) is 0.691. The first-order valence-corrected chi connectivity index (χ1v) is 4.17. The van der Waals surface area contributed by atoms with E-state index in [0.29, 0.717) is 18.5 Å². The monoisotopic (exact) mass is 179 g/mol. The third-order valence-electron chi connectivity index (χ3n) is 1.92. The second-order valence-electron chi connectivity index (χ2n) is 2.93. The standard InChI is InChI=1S/C10H10FNO/c11-8-1-2-10-7(5-8)6-9(13-10)3-4-12/h1-2,5-6H,3-4,12H2. The maximum absolute atomic E-state index is 12.8. The number of halogens is 1. The summed E-state index contributed by atoms with van der Waals surface area (Å²) in [5.74, 6) is 0.565. The molecule has 0 bridgehead atoms. The van der Waals surface area contributed by atoms with E-state index in [1.165, 1.54) is 12.1 Å². The van der Waals surface area contributed by atoms with Crippen LogP contribution in [0.2, 0.25) is 0 Å². The van der Waals surface area contributed by atoms with Gasteiger partial charge in [0.05, 0.1) is 0 Å². The van der Waals surface area contributed by atoms with E-state index in [4.69, 9.17) is 10.2 Å². The van der Waals surface area contributed by atoms with Crippen molar-refractivity contribution >= 4 is 11.0 Å². The van der Waals surface area contributed by atoms with Crippen molar-refractivity contribution in [2.45, 2.75) is 6.42 Å². The van der Waals surface area contributed by atoms with Gasteiger partial charge in [0.15, 0.2) is 0 Å². The molecule has 0 atom stereocenters. The van der Waals surface area contributed by atoms with Crippen molar-refractivity contribution in [2.24, 2.45) is 5.73 Å². The van der Waals surface area contributed by atoms with Crippen molar-refractivity contribution in [3.63, 3.8) is 0 Å². The first-order valence-electron chi connectivity index (χ1n) is 4.17. The summed E-state index contributed by atoms with van der Waals surface area (Å²) in [6.45, 7) is 0.544. The number of nitrogens with two attached hydrogens (primary N) is 1. The van der Waals surface area contributed by atoms with Crippen molar-refractivity contribution in [1.82, 2.24) is 0 Å². The van der Waals surface area contributed by atoms with Gasteiger partial charge in [0.25, 0.3) is 0 Å². The van der Waals surface area contributed by atoms with Crippen LogP contribution in [0.1, 0.15) is 5.76 Å². The molecular weight excluding hydrogens is 169 g/mol. The fourth-order valence-corrected chi connectivity index (χ4v) is 1.33. The lowest BCUT2D eigenvalue weighted by molar-refractivity contribution is 0.549. The average molecular weight is 179 g/mol. The van der Waals surface area contributed by atoms with Gasteiger partial charge in [-0.05, 0) is 30.8 Å². The molecule has 2 aromatic rings. The van der Waals surface area contributed by atoms with Crippen LogP contribution in [0.15, 0.2) is 28.7 Å². The molecule has 0 aliphatic carbocycles. The minimum atomic E-state index is -0.243. The van der Waals surface area contributed by atoms with Gasteiger partial charge in [-0.15, -0.1) is 0 Å². The highest BCUT2D eigenvalue weighted by Crippen LogP contribution is 2.20. The molecule has 0 amide bonds. The van der Waals surface area contributed by atoms with Crippen molar-refractivity contribution < 1.29 is 8.81 Å². The Hall–Kier alpha value is -1.35. The quantitative estimate of drug-likeness (QED) is 0.766. The molecular formula is C10H10FNO. The first kappa shape index (κ1) is 8.26. The van der Waals surface area contributed by atoms with E-state index in [1.807, 2.05) is 6.07 Å². The molecule has 3 heteroatoms. The third-order valence-corrected chi connectivity index (χ3v) is 1.92. The molecule has 0 aliphatic rings. The molecule has 2 nitrogen and oxygen atoms in total. The lowest BCUT2D eigenvalue weighted by Gasteiger charge is -1.88. The largest absolute Gasteiger partial charge is 0.461 e. The van der Waals surface area contributed by atoms with Gasteiger partial charge in [-0.25, -0.2) is 4.39 Å². The molecule has 68 valence electrons. The van der Waals surface area contributed by atoms with Gasteiger partial charge in [0, 0.05) is 11.8 Å². The Bertz CT molecular complexity index is 422. The van der Waals surface area contributed by atoms with E-state index in [1.54, 1.807) is 6.07 Å². The predicted molar refractivity (Wildman–Crippen MR) is 48.9 cm³/mol. The fraction of sp³-hybridized carbons (Fsp3) is 0.200. The number of fused-ring (bicyclic) bond motifs is 1. The molecule has 0 saturated carbocycles. The summed E-state index contributed by atoms with van der Waals surface area (Å²) in [5, 5.41) is 0.795. The summed E-state index contributed by atoms with van der Waals surface area (Å²) >= 11 is 0. The number of rotatable bonds is 2. The maximum atomic E-state index is 12.8. The molecule has 1 aromatic carbocycles. The van der Waals surface area contributed by atoms with Crippen LogP contribution in [0.25, 0.3) is 11.0 Å². The first-order chi connectivity index (χ1) is 6.29. The van der Waals surface area contributed by atoms with Gasteiger partial charge in [-0.3, -0.25) is 0 Å². The SMILES string of the molecule is NCCc1cc2cc(F)ccc2o1. The van der Waals surface area contributed by atoms with E-state index in [2.05, 4.69) is 0 Å². The lowest BCUT2D eigenvalue weighted by Crippen LogP contribution is -2.01. The lowest BCUT2D eigenvalue weighted by atomic mass is 10.2. The van der Waals surface area contributed by atoms with E-state index in [-0.39, 0.29) is 5.82 Å². The molecule has 13 heavy (non-hydrogen) atoms. The van der Waals surface area contributed by atoms with Gasteiger partial charge in [-0.1, -0.05) is 0 Å². The highest BCUT2D eigenvalue weighted by molar-refractivity contribution is 5.77. The van der Waals surface area contributed by atoms with Gasteiger partial charge in [-0.2, -0.15) is 0 Å². The number of benzene rings is 1. The Morgan fingerprint density at radius 3 is 2.92 bits per heavy atom. The predicted octanol–water partition coefficient (Wildman–Crippen LogP) is 2.07. The van der Waals surface area contributed by atoms with E-state index >= 15 is 0 Å². The molecule has 1 aromatic heterocycles. The Balaban J connectivity index is 2.49. The van der Waals surface area contributed by atoms with Crippen LogP contribution in [0, 0.1) is 5.82 Å². The summed E-state index contributed by atoms with van der Waals surface area (Å²) in [5.41, 5.74) is 6.09. The highest BCUT2D eigenvalue weighted by atomic mass is 19.1. The van der Waals surface area contributed by atoms with Crippen LogP contribution < -0.4 is 5.73 Å². The topological polar surface area (TPSA) is 39.2 Å². The van der Waals surface area contributed by atoms with E-state index in [0.717, 1.165) is 11.1 Å². The van der Waals surface area contributed by atoms with E-state index in [9.17, 15) is 4.39 Å². The Morgan fingerprint density at radius 1 is 1.31 bits per heavy atom. The van der Waals surface area contributed by atoms with Crippen molar-refractivity contribution in [3.8, 4) is 0 Å². The van der Waals surface area contributed by atoms with Gasteiger partial charge in [0.2, 0.25) is 0 Å². The Labute approximate surface area is 75.1 Å². The summed E-state index contributed by atoms with van der Waals surface area (Å²) in [7, 11) is 0. The maximum Gasteiger partial charge on any atom is 0.134 e. The van der Waals surface area contributed by atoms with Gasteiger partial charge in [0.1, 0.15) is 17.2 Å². The van der Waals surface area contributed by atoms with Crippen molar-refractivity contribution in [3.05, 3.63) is 35.8 Å². The smallest absolute Gasteiger partial charge is 0.134 e. The van der Waals surface area contributed by atoms with Crippen molar-refractivity contribution in [2.75, 3.05) is 6.54 Å². The van der Waals surface area contributed by atoms with Crippen LogP contribution in [-0.2, 0) is 6.42 Å². The van der Waals surface area contributed by atoms with Crippen LogP contribution in [0.5, 0.6) is 0 Å². The van der Waals surface area contributed by atoms with Crippen LogP contribution in [-0.4, -0.2) is 6.54 Å². The van der Waals surface area contributed by atoms with Gasteiger partial charge >= 0.3 is 0 Å². The zero-order valence-electron chi connectivity index (χ0n) is 7.09. The molecule has 1 heterocycles. The Morgan fingerprint density at radius 2 is 2.15 bits per heavy atom. The van der Waals surface area contributed by atoms with Gasteiger partial charge < -0.3 is 10.2 Å². The zero-order chi connectivity index (χ0) is 9.26. The molecule has 0 fully saturated rings. The summed E-state index contributed by atoms with van der Waals surface area (Å²) in [4.78, 5) is 0.